The van der Waals surface area contributed by atoms with E-state index in [0.29, 0.717) is 25.4 Å². The second kappa shape index (κ2) is 41.2. The summed E-state index contributed by atoms with van der Waals surface area (Å²) < 4.78 is 12.0. The number of esters is 1. The second-order valence-electron chi connectivity index (χ2n) is 16.0. The number of Topliss-reactive ketones (excluding diaryl/α,β-unsaturated/α-hetero) is 1. The van der Waals surface area contributed by atoms with E-state index in [-0.39, 0.29) is 31.1 Å². The Balaban J connectivity index is 4.49. The van der Waals surface area contributed by atoms with Gasteiger partial charge in [-0.2, -0.15) is 0 Å². The molecule has 0 aliphatic carbocycles. The molecule has 0 heterocycles. The first-order valence-corrected chi connectivity index (χ1v) is 23.1. The fraction of sp³-hybridized carbons (Fsp3) is 0.957. The van der Waals surface area contributed by atoms with Gasteiger partial charge in [-0.05, 0) is 89.8 Å². The Morgan fingerprint density at radius 2 is 0.923 bits per heavy atom. The van der Waals surface area contributed by atoms with E-state index < -0.39 is 0 Å². The van der Waals surface area contributed by atoms with Gasteiger partial charge < -0.3 is 19.5 Å². The zero-order chi connectivity index (χ0) is 38.2. The summed E-state index contributed by atoms with van der Waals surface area (Å²) in [6.07, 6.45) is 37.1. The van der Waals surface area contributed by atoms with E-state index >= 15 is 0 Å². The summed E-state index contributed by atoms with van der Waals surface area (Å²) >= 11 is 0. The van der Waals surface area contributed by atoms with Crippen molar-refractivity contribution in [2.24, 2.45) is 5.92 Å². The molecule has 0 saturated heterocycles. The molecule has 0 fully saturated rings. The average molecular weight is 738 g/mol. The number of hydrogen-bond acceptors (Lipinski definition) is 6. The number of nitrogens with zero attached hydrogens (tertiary/aromatic N) is 1. The molecule has 6 nitrogen and oxygen atoms in total. The highest BCUT2D eigenvalue weighted by Gasteiger charge is 2.14. The van der Waals surface area contributed by atoms with E-state index in [4.69, 9.17) is 9.47 Å². The maximum absolute atomic E-state index is 12.8. The van der Waals surface area contributed by atoms with Crippen molar-refractivity contribution in [3.8, 4) is 0 Å². The molecule has 0 aromatic heterocycles. The van der Waals surface area contributed by atoms with Crippen LogP contribution in [0.1, 0.15) is 233 Å². The summed E-state index contributed by atoms with van der Waals surface area (Å²) in [6, 6.07) is 0. The molecular formula is C46H91NO5. The lowest BCUT2D eigenvalue weighted by Gasteiger charge is -2.22. The molecule has 1 N–H and O–H groups in total. The predicted molar refractivity (Wildman–Crippen MR) is 223 cm³/mol. The second-order valence-corrected chi connectivity index (χ2v) is 16.0. The van der Waals surface area contributed by atoms with E-state index in [9.17, 15) is 14.7 Å². The van der Waals surface area contributed by atoms with Crippen molar-refractivity contribution in [3.05, 3.63) is 0 Å². The number of rotatable bonds is 43. The van der Waals surface area contributed by atoms with Crippen LogP contribution in [-0.2, 0) is 19.1 Å². The van der Waals surface area contributed by atoms with Crippen LogP contribution in [0, 0.1) is 5.92 Å². The van der Waals surface area contributed by atoms with Gasteiger partial charge in [0.1, 0.15) is 6.61 Å². The fourth-order valence-corrected chi connectivity index (χ4v) is 7.26. The minimum atomic E-state index is -0.0377. The topological polar surface area (TPSA) is 76.1 Å². The molecule has 0 saturated carbocycles. The van der Waals surface area contributed by atoms with Gasteiger partial charge in [-0.1, -0.05) is 156 Å². The first kappa shape index (κ1) is 51.0. The van der Waals surface area contributed by atoms with E-state index in [1.807, 2.05) is 0 Å². The van der Waals surface area contributed by atoms with Crippen LogP contribution in [0.15, 0.2) is 0 Å². The molecule has 52 heavy (non-hydrogen) atoms. The van der Waals surface area contributed by atoms with E-state index in [2.05, 4.69) is 32.6 Å². The average Bonchev–Trinajstić information content (AvgIpc) is 3.15. The molecule has 0 aliphatic rings. The van der Waals surface area contributed by atoms with E-state index in [1.54, 1.807) is 0 Å². The van der Waals surface area contributed by atoms with Crippen molar-refractivity contribution in [3.63, 3.8) is 0 Å². The third-order valence-electron chi connectivity index (χ3n) is 10.8. The Labute approximate surface area is 324 Å². The lowest BCUT2D eigenvalue weighted by Crippen LogP contribution is -2.28. The van der Waals surface area contributed by atoms with Crippen LogP contribution < -0.4 is 0 Å². The zero-order valence-electron chi connectivity index (χ0n) is 35.6. The molecule has 2 atom stereocenters. The van der Waals surface area contributed by atoms with Gasteiger partial charge >= 0.3 is 5.97 Å². The number of ketones is 1. The van der Waals surface area contributed by atoms with Gasteiger partial charge in [0.05, 0.1) is 12.7 Å². The highest BCUT2D eigenvalue weighted by molar-refractivity contribution is 5.79. The Bertz CT molecular complexity index is 690. The Hall–Kier alpha value is -0.980. The molecule has 0 aromatic carbocycles. The third-order valence-corrected chi connectivity index (χ3v) is 10.8. The van der Waals surface area contributed by atoms with Crippen molar-refractivity contribution in [1.29, 1.82) is 0 Å². The summed E-state index contributed by atoms with van der Waals surface area (Å²) in [5.74, 6) is 0.709. The van der Waals surface area contributed by atoms with Crippen LogP contribution in [0.4, 0.5) is 0 Å². The van der Waals surface area contributed by atoms with Crippen molar-refractivity contribution >= 4 is 11.8 Å². The number of unbranched alkanes of at least 4 members (excludes halogenated alkanes) is 19. The van der Waals surface area contributed by atoms with Crippen LogP contribution in [0.25, 0.3) is 0 Å². The molecule has 6 heteroatoms. The number of carbonyl (C=O) groups excluding carboxylic acids is 2. The van der Waals surface area contributed by atoms with Crippen LogP contribution in [0.3, 0.4) is 0 Å². The standard InChI is InChI=1S/C46H91NO5/c1-5-9-13-17-19-22-32-43(31-21-15-11-7-3)41-52-46(50)36-26-28-38-47(39-29-30-40-48)37-27-25-33-44(49)42-51-45(34-23-16-12-8-4)35-24-20-18-14-10-6-2/h43,45,48H,5-42H2,1-4H3. The Morgan fingerprint density at radius 1 is 0.500 bits per heavy atom. The molecule has 0 aromatic rings. The van der Waals surface area contributed by atoms with Crippen LogP contribution >= 0.6 is 0 Å². The first-order valence-electron chi connectivity index (χ1n) is 23.1. The smallest absolute Gasteiger partial charge is 0.305 e. The van der Waals surface area contributed by atoms with E-state index in [1.165, 1.54) is 141 Å². The van der Waals surface area contributed by atoms with Gasteiger partial charge in [-0.15, -0.1) is 0 Å². The van der Waals surface area contributed by atoms with Crippen LogP contribution in [-0.4, -0.2) is 67.3 Å². The van der Waals surface area contributed by atoms with Gasteiger partial charge in [0.25, 0.3) is 0 Å². The van der Waals surface area contributed by atoms with Gasteiger partial charge in [0.15, 0.2) is 5.78 Å². The largest absolute Gasteiger partial charge is 0.465 e. The van der Waals surface area contributed by atoms with Crippen molar-refractivity contribution in [1.82, 2.24) is 4.90 Å². The lowest BCUT2D eigenvalue weighted by molar-refractivity contribution is -0.145. The molecule has 0 bridgehead atoms. The summed E-state index contributed by atoms with van der Waals surface area (Å²) in [6.45, 7) is 13.0. The normalized spacial score (nSPS) is 12.8. The first-order chi connectivity index (χ1) is 25.5. The number of carbonyl (C=O) groups is 2. The highest BCUT2D eigenvalue weighted by atomic mass is 16.5. The van der Waals surface area contributed by atoms with Gasteiger partial charge in [-0.25, -0.2) is 0 Å². The monoisotopic (exact) mass is 738 g/mol. The van der Waals surface area contributed by atoms with Gasteiger partial charge in [-0.3, -0.25) is 9.59 Å². The summed E-state index contributed by atoms with van der Waals surface area (Å²) in [5.41, 5.74) is 0. The molecule has 310 valence electrons. The Kier molecular flexibility index (Phi) is 40.4. The SMILES string of the molecule is CCCCCCCCC(CCCCCC)COC(=O)CCCCN(CCCCO)CCCCC(=O)COC(CCCCCC)CCCCCCCC. The molecule has 0 amide bonds. The maximum atomic E-state index is 12.8. The maximum Gasteiger partial charge on any atom is 0.305 e. The van der Waals surface area contributed by atoms with Crippen molar-refractivity contribution in [2.45, 2.75) is 239 Å². The van der Waals surface area contributed by atoms with Gasteiger partial charge in [0.2, 0.25) is 0 Å². The zero-order valence-corrected chi connectivity index (χ0v) is 35.6. The lowest BCUT2D eigenvalue weighted by atomic mass is 9.95. The quantitative estimate of drug-likeness (QED) is 0.0496. The van der Waals surface area contributed by atoms with Crippen LogP contribution in [0.5, 0.6) is 0 Å². The molecule has 0 radical (unpaired) electrons. The Morgan fingerprint density at radius 3 is 1.42 bits per heavy atom. The minimum absolute atomic E-state index is 0.0377. The summed E-state index contributed by atoms with van der Waals surface area (Å²) in [4.78, 5) is 27.9. The molecule has 2 unspecified atom stereocenters. The number of aliphatic hydroxyl groups is 1. The highest BCUT2D eigenvalue weighted by Crippen LogP contribution is 2.20. The van der Waals surface area contributed by atoms with Crippen molar-refractivity contribution in [2.75, 3.05) is 39.5 Å². The van der Waals surface area contributed by atoms with Crippen LogP contribution in [0.2, 0.25) is 0 Å². The third kappa shape index (κ3) is 36.0. The predicted octanol–water partition coefficient (Wildman–Crippen LogP) is 13.0. The molecule has 0 aliphatic heterocycles. The van der Waals surface area contributed by atoms with Crippen molar-refractivity contribution < 1.29 is 24.2 Å². The number of hydrogen-bond donors (Lipinski definition) is 1. The number of ether oxygens (including phenoxy) is 2. The number of aliphatic hydroxyl groups excluding tert-OH is 1. The molecular weight excluding hydrogens is 647 g/mol. The molecule has 0 rings (SSSR count). The minimum Gasteiger partial charge on any atom is -0.465 e. The summed E-state index contributed by atoms with van der Waals surface area (Å²) in [5, 5.41) is 9.32. The van der Waals surface area contributed by atoms with Gasteiger partial charge in [0, 0.05) is 19.4 Å². The fourth-order valence-electron chi connectivity index (χ4n) is 7.26. The van der Waals surface area contributed by atoms with E-state index in [0.717, 1.165) is 71.0 Å². The summed E-state index contributed by atoms with van der Waals surface area (Å²) in [7, 11) is 0. The molecule has 0 spiro atoms.